The molecule has 0 fully saturated rings. The molecule has 3 rings (SSSR count). The van der Waals surface area contributed by atoms with Gasteiger partial charge in [-0.3, -0.25) is 4.98 Å². The molecular weight excluding hydrogens is 280 g/mol. The van der Waals surface area contributed by atoms with Gasteiger partial charge in [0.05, 0.1) is 5.56 Å². The third-order valence-corrected chi connectivity index (χ3v) is 4.26. The van der Waals surface area contributed by atoms with E-state index in [1.807, 2.05) is 30.3 Å². The molecule has 0 saturated carbocycles. The molecule has 0 atom stereocenters. The summed E-state index contributed by atoms with van der Waals surface area (Å²) in [5.74, 6) is 0.570. The van der Waals surface area contributed by atoms with Crippen molar-refractivity contribution < 1.29 is 0 Å². The highest BCUT2D eigenvalue weighted by molar-refractivity contribution is 7.11. The number of anilines is 2. The molecular formula is C16H16N4S. The highest BCUT2D eigenvalue weighted by Crippen LogP contribution is 2.38. The molecule has 0 saturated heterocycles. The van der Waals surface area contributed by atoms with Gasteiger partial charge in [0.25, 0.3) is 0 Å². The highest BCUT2D eigenvalue weighted by Gasteiger charge is 2.17. The summed E-state index contributed by atoms with van der Waals surface area (Å²) in [6.07, 6.45) is 3.54. The van der Waals surface area contributed by atoms with Gasteiger partial charge < -0.3 is 10.6 Å². The number of rotatable bonds is 4. The van der Waals surface area contributed by atoms with Gasteiger partial charge in [0.15, 0.2) is 0 Å². The van der Waals surface area contributed by atoms with Gasteiger partial charge in [0.2, 0.25) is 0 Å². The Bertz CT molecular complexity index is 710. The minimum Gasteiger partial charge on any atom is -0.382 e. The van der Waals surface area contributed by atoms with Crippen LogP contribution in [0.2, 0.25) is 0 Å². The molecule has 0 aliphatic carbocycles. The average Bonchev–Trinajstić information content (AvgIpc) is 2.91. The van der Waals surface area contributed by atoms with Gasteiger partial charge in [-0.1, -0.05) is 30.3 Å². The van der Waals surface area contributed by atoms with Crippen molar-refractivity contribution in [1.82, 2.24) is 9.36 Å². The van der Waals surface area contributed by atoms with Crippen molar-refractivity contribution in [3.05, 3.63) is 60.4 Å². The molecule has 0 spiro atoms. The maximum atomic E-state index is 6.06. The predicted octanol–water partition coefficient (Wildman–Crippen LogP) is 3.42. The van der Waals surface area contributed by atoms with Crippen LogP contribution in [-0.2, 0) is 6.54 Å². The van der Waals surface area contributed by atoms with E-state index in [1.165, 1.54) is 17.1 Å². The van der Waals surface area contributed by atoms with E-state index >= 15 is 0 Å². The summed E-state index contributed by atoms with van der Waals surface area (Å²) in [5.41, 5.74) is 9.35. The maximum Gasteiger partial charge on any atom is 0.147 e. The number of benzene rings is 1. The summed E-state index contributed by atoms with van der Waals surface area (Å²) >= 11 is 1.43. The van der Waals surface area contributed by atoms with Crippen LogP contribution in [0.25, 0.3) is 11.1 Å². The lowest BCUT2D eigenvalue weighted by Gasteiger charge is -2.19. The Morgan fingerprint density at radius 1 is 1.10 bits per heavy atom. The predicted molar refractivity (Wildman–Crippen MR) is 88.3 cm³/mol. The molecule has 0 unspecified atom stereocenters. The van der Waals surface area contributed by atoms with Crippen molar-refractivity contribution in [3.63, 3.8) is 0 Å². The van der Waals surface area contributed by atoms with Crippen LogP contribution < -0.4 is 10.6 Å². The normalized spacial score (nSPS) is 10.5. The fourth-order valence-corrected chi connectivity index (χ4v) is 3.07. The van der Waals surface area contributed by atoms with E-state index in [2.05, 4.69) is 33.4 Å². The van der Waals surface area contributed by atoms with Crippen LogP contribution in [0.1, 0.15) is 5.56 Å². The van der Waals surface area contributed by atoms with Gasteiger partial charge in [0, 0.05) is 26.0 Å². The zero-order valence-corrected chi connectivity index (χ0v) is 12.5. The van der Waals surface area contributed by atoms with Crippen molar-refractivity contribution >= 4 is 22.4 Å². The van der Waals surface area contributed by atoms with Crippen LogP contribution in [0.4, 0.5) is 10.8 Å². The standard InChI is InChI=1S/C16H16N4S/c1-20(11-12-5-3-2-4-6-12)16-14(15(17)19-21-16)13-7-9-18-10-8-13/h2-10H,11H2,1H3,(H2,17,19). The largest absolute Gasteiger partial charge is 0.382 e. The molecule has 0 amide bonds. The summed E-state index contributed by atoms with van der Waals surface area (Å²) in [4.78, 5) is 6.24. The zero-order chi connectivity index (χ0) is 14.7. The molecule has 2 heterocycles. The number of hydrogen-bond donors (Lipinski definition) is 1. The quantitative estimate of drug-likeness (QED) is 0.801. The molecule has 2 N–H and O–H groups in total. The third-order valence-electron chi connectivity index (χ3n) is 3.28. The van der Waals surface area contributed by atoms with Gasteiger partial charge in [0.1, 0.15) is 10.8 Å². The Morgan fingerprint density at radius 3 is 2.52 bits per heavy atom. The van der Waals surface area contributed by atoms with E-state index in [4.69, 9.17) is 5.73 Å². The summed E-state index contributed by atoms with van der Waals surface area (Å²) < 4.78 is 4.31. The molecule has 2 aromatic heterocycles. The smallest absolute Gasteiger partial charge is 0.147 e. The van der Waals surface area contributed by atoms with E-state index < -0.39 is 0 Å². The van der Waals surface area contributed by atoms with Crippen LogP contribution in [0.3, 0.4) is 0 Å². The lowest BCUT2D eigenvalue weighted by Crippen LogP contribution is -2.15. The van der Waals surface area contributed by atoms with Crippen molar-refractivity contribution in [2.24, 2.45) is 0 Å². The van der Waals surface area contributed by atoms with Gasteiger partial charge in [-0.2, -0.15) is 4.37 Å². The molecule has 0 bridgehead atoms. The second kappa shape index (κ2) is 5.93. The van der Waals surface area contributed by atoms with E-state index in [0.717, 1.165) is 22.7 Å². The van der Waals surface area contributed by atoms with Gasteiger partial charge in [-0.05, 0) is 34.8 Å². The Labute approximate surface area is 128 Å². The maximum absolute atomic E-state index is 6.06. The van der Waals surface area contributed by atoms with Crippen LogP contribution in [-0.4, -0.2) is 16.4 Å². The zero-order valence-electron chi connectivity index (χ0n) is 11.7. The second-order valence-electron chi connectivity index (χ2n) is 4.83. The number of nitrogens with two attached hydrogens (primary N) is 1. The van der Waals surface area contributed by atoms with Crippen molar-refractivity contribution in [1.29, 1.82) is 0 Å². The molecule has 21 heavy (non-hydrogen) atoms. The van der Waals surface area contributed by atoms with Gasteiger partial charge in [-0.15, -0.1) is 0 Å². The minimum atomic E-state index is 0.570. The molecule has 0 aliphatic heterocycles. The molecule has 1 aromatic carbocycles. The van der Waals surface area contributed by atoms with E-state index in [9.17, 15) is 0 Å². The summed E-state index contributed by atoms with van der Waals surface area (Å²) in [7, 11) is 2.06. The number of nitrogen functional groups attached to an aromatic ring is 1. The van der Waals surface area contributed by atoms with Crippen LogP contribution in [0, 0.1) is 0 Å². The van der Waals surface area contributed by atoms with Crippen LogP contribution >= 0.6 is 11.5 Å². The molecule has 0 radical (unpaired) electrons. The molecule has 3 aromatic rings. The van der Waals surface area contributed by atoms with Crippen molar-refractivity contribution in [2.45, 2.75) is 6.54 Å². The Balaban J connectivity index is 1.93. The second-order valence-corrected chi connectivity index (χ2v) is 5.58. The van der Waals surface area contributed by atoms with E-state index in [-0.39, 0.29) is 0 Å². The topological polar surface area (TPSA) is 55.0 Å². The number of aromatic nitrogens is 2. The molecule has 106 valence electrons. The van der Waals surface area contributed by atoms with Crippen molar-refractivity contribution in [3.8, 4) is 11.1 Å². The summed E-state index contributed by atoms with van der Waals surface area (Å²) in [6.45, 7) is 0.820. The number of nitrogens with zero attached hydrogens (tertiary/aromatic N) is 3. The molecule has 0 aliphatic rings. The first kappa shape index (κ1) is 13.6. The monoisotopic (exact) mass is 296 g/mol. The highest BCUT2D eigenvalue weighted by atomic mass is 32.1. The van der Waals surface area contributed by atoms with E-state index in [0.29, 0.717) is 5.82 Å². The Kier molecular flexibility index (Phi) is 3.83. The van der Waals surface area contributed by atoms with Crippen molar-refractivity contribution in [2.75, 3.05) is 17.7 Å². The van der Waals surface area contributed by atoms with E-state index in [1.54, 1.807) is 12.4 Å². The first-order chi connectivity index (χ1) is 10.3. The first-order valence-electron chi connectivity index (χ1n) is 6.66. The fourth-order valence-electron chi connectivity index (χ4n) is 2.27. The SMILES string of the molecule is CN(Cc1ccccc1)c1snc(N)c1-c1ccncc1. The van der Waals surface area contributed by atoms with Gasteiger partial charge in [-0.25, -0.2) is 0 Å². The molecule has 4 nitrogen and oxygen atoms in total. The molecule has 5 heteroatoms. The number of hydrogen-bond acceptors (Lipinski definition) is 5. The first-order valence-corrected chi connectivity index (χ1v) is 7.43. The lowest BCUT2D eigenvalue weighted by atomic mass is 10.1. The van der Waals surface area contributed by atoms with Gasteiger partial charge >= 0.3 is 0 Å². The fraction of sp³-hybridized carbons (Fsp3) is 0.125. The lowest BCUT2D eigenvalue weighted by molar-refractivity contribution is 0.936. The third kappa shape index (κ3) is 2.87. The average molecular weight is 296 g/mol. The minimum absolute atomic E-state index is 0.570. The van der Waals surface area contributed by atoms with Crippen LogP contribution in [0.15, 0.2) is 54.9 Å². The van der Waals surface area contributed by atoms with Crippen LogP contribution in [0.5, 0.6) is 0 Å². The summed E-state index contributed by atoms with van der Waals surface area (Å²) in [5, 5.41) is 1.07. The summed E-state index contributed by atoms with van der Waals surface area (Å²) in [6, 6.07) is 14.3. The number of pyridine rings is 1. The Hall–Kier alpha value is -2.40. The Morgan fingerprint density at radius 2 is 1.81 bits per heavy atom.